The number of likely N-dealkylation sites (tertiary alicyclic amines) is 1. The normalized spacial score (nSPS) is 20.2. The van der Waals surface area contributed by atoms with Gasteiger partial charge >= 0.3 is 0 Å². The van der Waals surface area contributed by atoms with Crippen molar-refractivity contribution in [2.24, 2.45) is 5.92 Å². The van der Waals surface area contributed by atoms with Crippen LogP contribution in [0.4, 0.5) is 10.1 Å². The smallest absolute Gasteiger partial charge is 0.231 e. The monoisotopic (exact) mass is 372 g/mol. The highest BCUT2D eigenvalue weighted by Crippen LogP contribution is 2.31. The quantitative estimate of drug-likeness (QED) is 0.802. The molecule has 0 N–H and O–H groups in total. The Kier molecular flexibility index (Phi) is 4.96. The minimum absolute atomic E-state index is 0.0355. The fourth-order valence-corrected chi connectivity index (χ4v) is 4.29. The Balaban J connectivity index is 1.45. The zero-order valence-corrected chi connectivity index (χ0v) is 15.4. The van der Waals surface area contributed by atoms with Crippen molar-refractivity contribution >= 4 is 23.2 Å². The molecule has 0 radical (unpaired) electrons. The Hall–Kier alpha value is -1.91. The van der Waals surface area contributed by atoms with E-state index in [0.717, 1.165) is 38.0 Å². The van der Waals surface area contributed by atoms with E-state index in [1.54, 1.807) is 12.1 Å². The van der Waals surface area contributed by atoms with Crippen LogP contribution in [0, 0.1) is 11.7 Å². The molecule has 2 heterocycles. The maximum absolute atomic E-state index is 14.0. The topological polar surface area (TPSA) is 23.6 Å². The lowest BCUT2D eigenvalue weighted by Crippen LogP contribution is -2.40. The van der Waals surface area contributed by atoms with E-state index in [4.69, 9.17) is 11.6 Å². The summed E-state index contributed by atoms with van der Waals surface area (Å²) in [5, 5.41) is 0.449. The third kappa shape index (κ3) is 3.36. The summed E-state index contributed by atoms with van der Waals surface area (Å²) in [6, 6.07) is 12.9. The number of anilines is 1. The van der Waals surface area contributed by atoms with E-state index < -0.39 is 0 Å². The van der Waals surface area contributed by atoms with Crippen LogP contribution in [0.25, 0.3) is 0 Å². The number of rotatable bonds is 3. The molecule has 5 heteroatoms. The van der Waals surface area contributed by atoms with Crippen LogP contribution in [0.5, 0.6) is 0 Å². The fourth-order valence-electron chi connectivity index (χ4n) is 4.07. The number of fused-ring (bicyclic) bond motifs is 1. The van der Waals surface area contributed by atoms with Crippen molar-refractivity contribution in [1.29, 1.82) is 0 Å². The Morgan fingerprint density at radius 1 is 1.15 bits per heavy atom. The minimum Gasteiger partial charge on any atom is -0.312 e. The molecule has 0 saturated carbocycles. The number of hydrogen-bond donors (Lipinski definition) is 0. The van der Waals surface area contributed by atoms with E-state index in [1.807, 2.05) is 23.1 Å². The van der Waals surface area contributed by atoms with Gasteiger partial charge in [-0.05, 0) is 49.6 Å². The second-order valence-electron chi connectivity index (χ2n) is 7.14. The van der Waals surface area contributed by atoms with Crippen LogP contribution >= 0.6 is 11.6 Å². The Morgan fingerprint density at radius 2 is 2.00 bits per heavy atom. The van der Waals surface area contributed by atoms with E-state index in [9.17, 15) is 9.18 Å². The third-order valence-electron chi connectivity index (χ3n) is 5.44. The van der Waals surface area contributed by atoms with Gasteiger partial charge in [0.2, 0.25) is 5.91 Å². The van der Waals surface area contributed by atoms with Gasteiger partial charge in [0.25, 0.3) is 0 Å². The Bertz CT molecular complexity index is 805. The highest BCUT2D eigenvalue weighted by molar-refractivity contribution is 6.31. The van der Waals surface area contributed by atoms with Gasteiger partial charge < -0.3 is 4.90 Å². The second-order valence-corrected chi connectivity index (χ2v) is 7.55. The van der Waals surface area contributed by atoms with Crippen molar-refractivity contribution in [2.45, 2.75) is 25.8 Å². The molecule has 0 aromatic heterocycles. The minimum atomic E-state index is -0.280. The van der Waals surface area contributed by atoms with Gasteiger partial charge in [-0.1, -0.05) is 35.9 Å². The summed E-state index contributed by atoms with van der Waals surface area (Å²) < 4.78 is 14.0. The molecular weight excluding hydrogens is 351 g/mol. The van der Waals surface area contributed by atoms with Gasteiger partial charge in [-0.3, -0.25) is 9.69 Å². The molecule has 3 nitrogen and oxygen atoms in total. The van der Waals surface area contributed by atoms with Crippen LogP contribution in [0.3, 0.4) is 0 Å². The number of nitrogens with zero attached hydrogens (tertiary/aromatic N) is 2. The van der Waals surface area contributed by atoms with Gasteiger partial charge in [0.1, 0.15) is 5.82 Å². The number of carbonyl (C=O) groups is 1. The lowest BCUT2D eigenvalue weighted by Gasteiger charge is -2.31. The number of benzene rings is 2. The molecule has 0 spiro atoms. The van der Waals surface area contributed by atoms with E-state index >= 15 is 0 Å². The number of halogens is 2. The van der Waals surface area contributed by atoms with Crippen LogP contribution in [0.2, 0.25) is 5.02 Å². The predicted octanol–water partition coefficient (Wildman–Crippen LogP) is 4.28. The Labute approximate surface area is 158 Å². The summed E-state index contributed by atoms with van der Waals surface area (Å²) >= 11 is 6.14. The first-order valence-electron chi connectivity index (χ1n) is 9.18. The summed E-state index contributed by atoms with van der Waals surface area (Å²) in [5.74, 6) is -0.122. The van der Waals surface area contributed by atoms with E-state index in [-0.39, 0.29) is 17.6 Å². The Morgan fingerprint density at radius 3 is 2.85 bits per heavy atom. The SMILES string of the molecule is O=C(C1CCN(Cc2c(F)cccc2Cl)C1)N1CCCc2ccccc21. The molecule has 0 aliphatic carbocycles. The highest BCUT2D eigenvalue weighted by Gasteiger charge is 2.33. The maximum Gasteiger partial charge on any atom is 0.231 e. The summed E-state index contributed by atoms with van der Waals surface area (Å²) in [4.78, 5) is 17.2. The number of carbonyl (C=O) groups excluding carboxylic acids is 1. The van der Waals surface area contributed by atoms with Crippen molar-refractivity contribution in [3.63, 3.8) is 0 Å². The molecule has 2 aromatic carbocycles. The van der Waals surface area contributed by atoms with Crippen LogP contribution < -0.4 is 4.90 Å². The zero-order valence-electron chi connectivity index (χ0n) is 14.6. The van der Waals surface area contributed by atoms with Crippen molar-refractivity contribution in [2.75, 3.05) is 24.5 Å². The molecule has 4 rings (SSSR count). The fraction of sp³-hybridized carbons (Fsp3) is 0.381. The maximum atomic E-state index is 14.0. The van der Waals surface area contributed by atoms with Gasteiger partial charge in [-0.25, -0.2) is 4.39 Å². The molecule has 1 atom stereocenters. The van der Waals surface area contributed by atoms with Crippen molar-refractivity contribution in [3.8, 4) is 0 Å². The lowest BCUT2D eigenvalue weighted by atomic mass is 9.99. The largest absolute Gasteiger partial charge is 0.312 e. The van der Waals surface area contributed by atoms with Crippen molar-refractivity contribution in [3.05, 3.63) is 64.4 Å². The summed E-state index contributed by atoms with van der Waals surface area (Å²) in [7, 11) is 0. The second kappa shape index (κ2) is 7.37. The predicted molar refractivity (Wildman–Crippen MR) is 102 cm³/mol. The molecule has 1 amide bonds. The molecule has 2 aromatic rings. The van der Waals surface area contributed by atoms with E-state index in [2.05, 4.69) is 11.0 Å². The molecule has 0 bridgehead atoms. The molecule has 1 fully saturated rings. The first-order chi connectivity index (χ1) is 12.6. The van der Waals surface area contributed by atoms with Gasteiger partial charge in [0.05, 0.1) is 5.92 Å². The summed E-state index contributed by atoms with van der Waals surface area (Å²) in [5.41, 5.74) is 2.82. The van der Waals surface area contributed by atoms with Crippen molar-refractivity contribution < 1.29 is 9.18 Å². The van der Waals surface area contributed by atoms with Crippen molar-refractivity contribution in [1.82, 2.24) is 4.90 Å². The van der Waals surface area contributed by atoms with E-state index in [1.165, 1.54) is 11.6 Å². The number of amides is 1. The van der Waals surface area contributed by atoms with Crippen LogP contribution in [0.15, 0.2) is 42.5 Å². The van der Waals surface area contributed by atoms with Crippen LogP contribution in [-0.2, 0) is 17.8 Å². The molecule has 136 valence electrons. The average Bonchev–Trinajstić information content (AvgIpc) is 3.12. The zero-order chi connectivity index (χ0) is 18.1. The standard InChI is InChI=1S/C21H22ClFN2O/c22-18-7-3-8-19(23)17(18)14-24-12-10-16(13-24)21(26)25-11-4-6-15-5-1-2-9-20(15)25/h1-3,5,7-9,16H,4,6,10-14H2. The first kappa shape index (κ1) is 17.5. The molecule has 2 aliphatic rings. The number of hydrogen-bond acceptors (Lipinski definition) is 2. The van der Waals surface area contributed by atoms with E-state index in [0.29, 0.717) is 23.7 Å². The highest BCUT2D eigenvalue weighted by atomic mass is 35.5. The molecule has 1 unspecified atom stereocenters. The van der Waals surface area contributed by atoms with Crippen LogP contribution in [0.1, 0.15) is 24.0 Å². The molecule has 2 aliphatic heterocycles. The third-order valence-corrected chi connectivity index (χ3v) is 5.80. The average molecular weight is 373 g/mol. The first-order valence-corrected chi connectivity index (χ1v) is 9.56. The van der Waals surface area contributed by atoms with Crippen LogP contribution in [-0.4, -0.2) is 30.4 Å². The van der Waals surface area contributed by atoms with Gasteiger partial charge in [0, 0.05) is 35.9 Å². The molecular formula is C21H22ClFN2O. The summed E-state index contributed by atoms with van der Waals surface area (Å²) in [6.07, 6.45) is 2.84. The van der Waals surface area contributed by atoms with Gasteiger partial charge in [-0.2, -0.15) is 0 Å². The number of aryl methyl sites for hydroxylation is 1. The summed E-state index contributed by atoms with van der Waals surface area (Å²) in [6.45, 7) is 2.68. The lowest BCUT2D eigenvalue weighted by molar-refractivity contribution is -0.122. The van der Waals surface area contributed by atoms with Gasteiger partial charge in [0.15, 0.2) is 0 Å². The molecule has 1 saturated heterocycles. The molecule has 26 heavy (non-hydrogen) atoms. The van der Waals surface area contributed by atoms with Gasteiger partial charge in [-0.15, -0.1) is 0 Å². The number of para-hydroxylation sites is 1.